The normalized spacial score (nSPS) is 16.2. The quantitative estimate of drug-likeness (QED) is 0.787. The van der Waals surface area contributed by atoms with Crippen molar-refractivity contribution in [3.8, 4) is 0 Å². The molecule has 1 aromatic heterocycles. The molecule has 1 N–H and O–H groups in total. The van der Waals surface area contributed by atoms with Gasteiger partial charge in [-0.15, -0.1) is 0 Å². The molecule has 2 nitrogen and oxygen atoms in total. The predicted octanol–water partition coefficient (Wildman–Crippen LogP) is 2.64. The fourth-order valence-electron chi connectivity index (χ4n) is 1.17. The first-order chi connectivity index (χ1) is 6.24. The molecule has 4 heteroatoms. The van der Waals surface area contributed by atoms with Crippen molar-refractivity contribution in [1.82, 2.24) is 10.3 Å². The third-order valence-electron chi connectivity index (χ3n) is 1.99. The number of pyridine rings is 1. The van der Waals surface area contributed by atoms with Crippen LogP contribution < -0.4 is 5.32 Å². The van der Waals surface area contributed by atoms with E-state index >= 15 is 0 Å². The number of nitrogens with one attached hydrogen (secondary N) is 1. The van der Waals surface area contributed by atoms with E-state index in [1.807, 2.05) is 12.1 Å². The first-order valence-corrected chi connectivity index (χ1v) is 5.05. The van der Waals surface area contributed by atoms with E-state index in [0.29, 0.717) is 16.3 Å². The van der Waals surface area contributed by atoms with Crippen molar-refractivity contribution in [1.29, 1.82) is 0 Å². The van der Waals surface area contributed by atoms with Crippen LogP contribution in [0, 0.1) is 0 Å². The van der Waals surface area contributed by atoms with E-state index in [2.05, 4.69) is 10.3 Å². The highest BCUT2D eigenvalue weighted by atomic mass is 35.5. The topological polar surface area (TPSA) is 24.9 Å². The number of nitrogens with zero attached hydrogens (tertiary/aromatic N) is 1. The molecule has 0 unspecified atom stereocenters. The van der Waals surface area contributed by atoms with Crippen molar-refractivity contribution in [3.63, 3.8) is 0 Å². The Morgan fingerprint density at radius 1 is 1.31 bits per heavy atom. The van der Waals surface area contributed by atoms with Crippen molar-refractivity contribution in [2.45, 2.75) is 25.4 Å². The molecule has 1 aliphatic carbocycles. The van der Waals surface area contributed by atoms with E-state index in [-0.39, 0.29) is 0 Å². The van der Waals surface area contributed by atoms with Gasteiger partial charge in [0.15, 0.2) is 0 Å². The summed E-state index contributed by atoms with van der Waals surface area (Å²) < 4.78 is 0. The lowest BCUT2D eigenvalue weighted by atomic mass is 10.3. The number of rotatable bonds is 3. The first kappa shape index (κ1) is 9.25. The monoisotopic (exact) mass is 216 g/mol. The van der Waals surface area contributed by atoms with Crippen LogP contribution in [0.4, 0.5) is 0 Å². The second kappa shape index (κ2) is 3.82. The maximum absolute atomic E-state index is 5.76. The summed E-state index contributed by atoms with van der Waals surface area (Å²) in [6.07, 6.45) is 2.57. The number of hydrogen-bond donors (Lipinski definition) is 1. The molecule has 0 amide bonds. The zero-order chi connectivity index (χ0) is 9.26. The van der Waals surface area contributed by atoms with Gasteiger partial charge in [-0.05, 0) is 30.5 Å². The van der Waals surface area contributed by atoms with E-state index in [0.717, 1.165) is 12.1 Å². The summed E-state index contributed by atoms with van der Waals surface area (Å²) in [6, 6.07) is 4.37. The van der Waals surface area contributed by atoms with Gasteiger partial charge in [-0.25, -0.2) is 4.98 Å². The van der Waals surface area contributed by atoms with Gasteiger partial charge in [0.05, 0.1) is 0 Å². The van der Waals surface area contributed by atoms with E-state index < -0.39 is 0 Å². The minimum absolute atomic E-state index is 0.458. The summed E-state index contributed by atoms with van der Waals surface area (Å²) in [6.45, 7) is 0.826. The van der Waals surface area contributed by atoms with Gasteiger partial charge in [0.1, 0.15) is 10.3 Å². The Bertz CT molecular complexity index is 290. The average Bonchev–Trinajstić information content (AvgIpc) is 2.81. The van der Waals surface area contributed by atoms with E-state index in [1.54, 1.807) is 0 Å². The molecular formula is C9H10Cl2N2. The molecule has 0 bridgehead atoms. The molecule has 1 aromatic rings. The van der Waals surface area contributed by atoms with Crippen molar-refractivity contribution in [2.75, 3.05) is 0 Å². The molecule has 0 spiro atoms. The lowest BCUT2D eigenvalue weighted by molar-refractivity contribution is 0.687. The largest absolute Gasteiger partial charge is 0.310 e. The average molecular weight is 217 g/mol. The van der Waals surface area contributed by atoms with Crippen molar-refractivity contribution in [3.05, 3.63) is 28.0 Å². The zero-order valence-electron chi connectivity index (χ0n) is 7.06. The van der Waals surface area contributed by atoms with Gasteiger partial charge >= 0.3 is 0 Å². The minimum Gasteiger partial charge on any atom is -0.310 e. The third-order valence-corrected chi connectivity index (χ3v) is 2.38. The Morgan fingerprint density at radius 3 is 2.46 bits per heavy atom. The molecule has 1 heterocycles. The third kappa shape index (κ3) is 2.83. The lowest BCUT2D eigenvalue weighted by Crippen LogP contribution is -2.15. The molecule has 0 saturated heterocycles. The Hall–Kier alpha value is -0.310. The zero-order valence-corrected chi connectivity index (χ0v) is 8.57. The van der Waals surface area contributed by atoms with E-state index in [9.17, 15) is 0 Å². The summed E-state index contributed by atoms with van der Waals surface area (Å²) in [5.74, 6) is 0. The van der Waals surface area contributed by atoms with Gasteiger partial charge in [0.25, 0.3) is 0 Å². The summed E-state index contributed by atoms with van der Waals surface area (Å²) in [5, 5.41) is 4.30. The molecule has 1 saturated carbocycles. The molecule has 13 heavy (non-hydrogen) atoms. The Labute approximate surface area is 87.3 Å². The van der Waals surface area contributed by atoms with E-state index in [4.69, 9.17) is 23.2 Å². The summed E-state index contributed by atoms with van der Waals surface area (Å²) in [4.78, 5) is 3.88. The van der Waals surface area contributed by atoms with Crippen LogP contribution in [0.3, 0.4) is 0 Å². The molecule has 1 aliphatic rings. The number of hydrogen-bond acceptors (Lipinski definition) is 2. The summed E-state index contributed by atoms with van der Waals surface area (Å²) in [7, 11) is 0. The van der Waals surface area contributed by atoms with Crippen LogP contribution in [0.5, 0.6) is 0 Å². The van der Waals surface area contributed by atoms with Gasteiger partial charge < -0.3 is 5.32 Å². The molecule has 70 valence electrons. The van der Waals surface area contributed by atoms with Crippen LogP contribution in [0.15, 0.2) is 12.1 Å². The first-order valence-electron chi connectivity index (χ1n) is 4.29. The molecular weight excluding hydrogens is 207 g/mol. The summed E-state index contributed by atoms with van der Waals surface area (Å²) >= 11 is 11.5. The fourth-order valence-corrected chi connectivity index (χ4v) is 1.67. The number of aromatic nitrogens is 1. The highest BCUT2D eigenvalue weighted by molar-refractivity contribution is 6.32. The second-order valence-electron chi connectivity index (χ2n) is 3.28. The molecule has 1 fully saturated rings. The maximum Gasteiger partial charge on any atom is 0.131 e. The van der Waals surface area contributed by atoms with Gasteiger partial charge in [-0.2, -0.15) is 0 Å². The molecule has 0 radical (unpaired) electrons. The van der Waals surface area contributed by atoms with Crippen molar-refractivity contribution in [2.24, 2.45) is 0 Å². The van der Waals surface area contributed by atoms with Crippen LogP contribution in [-0.4, -0.2) is 11.0 Å². The standard InChI is InChI=1S/C9H10Cl2N2/c10-8-3-6(4-9(11)13-8)5-12-7-1-2-7/h3-4,7,12H,1-2,5H2. The minimum atomic E-state index is 0.458. The molecule has 0 atom stereocenters. The second-order valence-corrected chi connectivity index (χ2v) is 4.05. The van der Waals surface area contributed by atoms with Gasteiger partial charge in [-0.3, -0.25) is 0 Å². The van der Waals surface area contributed by atoms with Gasteiger partial charge in [0, 0.05) is 12.6 Å². The lowest BCUT2D eigenvalue weighted by Gasteiger charge is -2.03. The summed E-state index contributed by atoms with van der Waals surface area (Å²) in [5.41, 5.74) is 1.09. The van der Waals surface area contributed by atoms with E-state index in [1.165, 1.54) is 12.8 Å². The Balaban J connectivity index is 2.01. The Morgan fingerprint density at radius 2 is 1.92 bits per heavy atom. The molecule has 0 aliphatic heterocycles. The van der Waals surface area contributed by atoms with Crippen molar-refractivity contribution < 1.29 is 0 Å². The SMILES string of the molecule is Clc1cc(CNC2CC2)cc(Cl)n1. The predicted molar refractivity (Wildman–Crippen MR) is 54.1 cm³/mol. The highest BCUT2D eigenvalue weighted by Crippen LogP contribution is 2.20. The molecule has 0 aromatic carbocycles. The smallest absolute Gasteiger partial charge is 0.131 e. The number of halogens is 2. The van der Waals surface area contributed by atoms with Gasteiger partial charge in [0.2, 0.25) is 0 Å². The van der Waals surface area contributed by atoms with Crippen LogP contribution in [0.1, 0.15) is 18.4 Å². The van der Waals surface area contributed by atoms with Crippen LogP contribution in [-0.2, 0) is 6.54 Å². The maximum atomic E-state index is 5.76. The Kier molecular flexibility index (Phi) is 2.72. The van der Waals surface area contributed by atoms with Crippen LogP contribution >= 0.6 is 23.2 Å². The van der Waals surface area contributed by atoms with Crippen LogP contribution in [0.2, 0.25) is 10.3 Å². The van der Waals surface area contributed by atoms with Crippen molar-refractivity contribution >= 4 is 23.2 Å². The highest BCUT2D eigenvalue weighted by Gasteiger charge is 2.19. The fraction of sp³-hybridized carbons (Fsp3) is 0.444. The molecule has 2 rings (SSSR count). The van der Waals surface area contributed by atoms with Crippen LogP contribution in [0.25, 0.3) is 0 Å². The van der Waals surface area contributed by atoms with Gasteiger partial charge in [-0.1, -0.05) is 23.2 Å².